The summed E-state index contributed by atoms with van der Waals surface area (Å²) in [5.74, 6) is 0. The maximum Gasteiger partial charge on any atom is 0.0976 e. The quantitative estimate of drug-likeness (QED) is 0.899. The van der Waals surface area contributed by atoms with Crippen molar-refractivity contribution in [2.24, 2.45) is 0 Å². The summed E-state index contributed by atoms with van der Waals surface area (Å²) in [6.45, 7) is 4.46. The summed E-state index contributed by atoms with van der Waals surface area (Å²) in [7, 11) is 0. The average molecular weight is 259 g/mol. The molecule has 1 saturated heterocycles. The van der Waals surface area contributed by atoms with Gasteiger partial charge in [-0.25, -0.2) is 0 Å². The van der Waals surface area contributed by atoms with Gasteiger partial charge in [0, 0.05) is 0 Å². The van der Waals surface area contributed by atoms with Crippen molar-refractivity contribution >= 4 is 0 Å². The van der Waals surface area contributed by atoms with E-state index in [2.05, 4.69) is 36.1 Å². The molecule has 104 valence electrons. The van der Waals surface area contributed by atoms with Gasteiger partial charge in [0.15, 0.2) is 0 Å². The third-order valence-corrected chi connectivity index (χ3v) is 5.20. The van der Waals surface area contributed by atoms with Gasteiger partial charge in [-0.2, -0.15) is 0 Å². The van der Waals surface area contributed by atoms with Crippen molar-refractivity contribution in [3.05, 3.63) is 35.4 Å². The smallest absolute Gasteiger partial charge is 0.0976 e. The molecule has 3 rings (SSSR count). The lowest BCUT2D eigenvalue weighted by Gasteiger charge is -2.43. The zero-order chi connectivity index (χ0) is 13.3. The molecule has 1 saturated carbocycles. The highest BCUT2D eigenvalue weighted by atomic mass is 16.3. The first-order valence-electron chi connectivity index (χ1n) is 7.73. The van der Waals surface area contributed by atoms with E-state index in [1.807, 2.05) is 0 Å². The van der Waals surface area contributed by atoms with Crippen LogP contribution in [0.25, 0.3) is 0 Å². The molecule has 1 aliphatic carbocycles. The van der Waals surface area contributed by atoms with E-state index < -0.39 is 0 Å². The summed E-state index contributed by atoms with van der Waals surface area (Å²) in [4.78, 5) is 2.58. The Labute approximate surface area is 116 Å². The molecule has 1 unspecified atom stereocenters. The molecule has 0 amide bonds. The van der Waals surface area contributed by atoms with Crippen LogP contribution in [0.2, 0.25) is 0 Å². The Morgan fingerprint density at radius 2 is 1.68 bits per heavy atom. The van der Waals surface area contributed by atoms with E-state index in [1.165, 1.54) is 44.3 Å². The summed E-state index contributed by atoms with van der Waals surface area (Å²) in [5, 5.41) is 11.1. The zero-order valence-electron chi connectivity index (χ0n) is 11.9. The molecule has 0 radical (unpaired) electrons. The van der Waals surface area contributed by atoms with Crippen molar-refractivity contribution in [2.75, 3.05) is 13.1 Å². The third kappa shape index (κ3) is 2.21. The normalized spacial score (nSPS) is 24.7. The molecule has 1 aromatic rings. The first-order chi connectivity index (χ1) is 9.24. The largest absolute Gasteiger partial charge is 0.386 e. The van der Waals surface area contributed by atoms with Crippen LogP contribution in [0.15, 0.2) is 24.3 Å². The van der Waals surface area contributed by atoms with Crippen LogP contribution in [-0.4, -0.2) is 28.6 Å². The SMILES string of the molecule is Cc1ccccc1C(O)C1(N2CCCC2)CCCC1. The maximum atomic E-state index is 11.1. The van der Waals surface area contributed by atoms with E-state index >= 15 is 0 Å². The fourth-order valence-electron chi connectivity index (χ4n) is 4.10. The van der Waals surface area contributed by atoms with Crippen LogP contribution in [0.5, 0.6) is 0 Å². The van der Waals surface area contributed by atoms with Crippen LogP contribution < -0.4 is 0 Å². The van der Waals surface area contributed by atoms with Gasteiger partial charge in [-0.15, -0.1) is 0 Å². The third-order valence-electron chi connectivity index (χ3n) is 5.20. The second kappa shape index (κ2) is 5.26. The highest BCUT2D eigenvalue weighted by Crippen LogP contribution is 2.46. The van der Waals surface area contributed by atoms with Crippen LogP contribution >= 0.6 is 0 Å². The van der Waals surface area contributed by atoms with Gasteiger partial charge >= 0.3 is 0 Å². The number of aryl methyl sites for hydroxylation is 1. The molecular formula is C17H25NO. The van der Waals surface area contributed by atoms with Crippen molar-refractivity contribution in [2.45, 2.75) is 57.1 Å². The summed E-state index contributed by atoms with van der Waals surface area (Å²) in [6.07, 6.45) is 7.10. The van der Waals surface area contributed by atoms with Crippen molar-refractivity contribution in [1.29, 1.82) is 0 Å². The fourth-order valence-corrected chi connectivity index (χ4v) is 4.10. The highest BCUT2D eigenvalue weighted by molar-refractivity contribution is 5.30. The summed E-state index contributed by atoms with van der Waals surface area (Å²) in [5.41, 5.74) is 2.37. The van der Waals surface area contributed by atoms with Gasteiger partial charge < -0.3 is 5.11 Å². The lowest BCUT2D eigenvalue weighted by molar-refractivity contribution is -0.0198. The Morgan fingerprint density at radius 3 is 2.32 bits per heavy atom. The molecule has 1 aliphatic heterocycles. The topological polar surface area (TPSA) is 23.5 Å². The van der Waals surface area contributed by atoms with Crippen LogP contribution in [-0.2, 0) is 0 Å². The van der Waals surface area contributed by atoms with E-state index in [0.717, 1.165) is 18.4 Å². The standard InChI is InChI=1S/C17H25NO/c1-14-8-2-3-9-15(14)16(19)17(10-4-5-11-17)18-12-6-7-13-18/h2-3,8-9,16,19H,4-7,10-13H2,1H3. The molecule has 1 N–H and O–H groups in total. The van der Waals surface area contributed by atoms with Gasteiger partial charge in [0.05, 0.1) is 11.6 Å². The number of nitrogens with zero attached hydrogens (tertiary/aromatic N) is 1. The molecular weight excluding hydrogens is 234 g/mol. The van der Waals surface area contributed by atoms with E-state index in [-0.39, 0.29) is 11.6 Å². The monoisotopic (exact) mass is 259 g/mol. The Kier molecular flexibility index (Phi) is 3.64. The minimum absolute atomic E-state index is 0.0165. The molecule has 2 heteroatoms. The summed E-state index contributed by atoms with van der Waals surface area (Å²) in [6, 6.07) is 8.34. The first-order valence-corrected chi connectivity index (χ1v) is 7.73. The number of likely N-dealkylation sites (tertiary alicyclic amines) is 1. The highest BCUT2D eigenvalue weighted by Gasteiger charge is 2.46. The van der Waals surface area contributed by atoms with Gasteiger partial charge in [-0.3, -0.25) is 4.90 Å². The summed E-state index contributed by atoms with van der Waals surface area (Å²) >= 11 is 0. The fraction of sp³-hybridized carbons (Fsp3) is 0.647. The lowest BCUT2D eigenvalue weighted by Crippen LogP contribution is -2.49. The number of aliphatic hydroxyl groups excluding tert-OH is 1. The van der Waals surface area contributed by atoms with E-state index in [4.69, 9.17) is 0 Å². The Bertz CT molecular complexity index is 431. The predicted octanol–water partition coefficient (Wildman–Crippen LogP) is 3.44. The van der Waals surface area contributed by atoms with Gasteiger partial charge in [0.2, 0.25) is 0 Å². The van der Waals surface area contributed by atoms with Crippen LogP contribution in [0, 0.1) is 6.92 Å². The van der Waals surface area contributed by atoms with Crippen LogP contribution in [0.1, 0.15) is 55.8 Å². The van der Waals surface area contributed by atoms with Crippen molar-refractivity contribution < 1.29 is 5.11 Å². The lowest BCUT2D eigenvalue weighted by atomic mass is 9.83. The molecule has 0 aromatic heterocycles. The second-order valence-electron chi connectivity index (χ2n) is 6.26. The molecule has 0 spiro atoms. The van der Waals surface area contributed by atoms with Crippen molar-refractivity contribution in [3.63, 3.8) is 0 Å². The van der Waals surface area contributed by atoms with Gasteiger partial charge in [0.1, 0.15) is 0 Å². The number of aliphatic hydroxyl groups is 1. The molecule has 2 fully saturated rings. The van der Waals surface area contributed by atoms with Crippen LogP contribution in [0.3, 0.4) is 0 Å². The van der Waals surface area contributed by atoms with Crippen molar-refractivity contribution in [3.8, 4) is 0 Å². The number of hydrogen-bond donors (Lipinski definition) is 1. The Morgan fingerprint density at radius 1 is 1.05 bits per heavy atom. The predicted molar refractivity (Wildman–Crippen MR) is 78.1 cm³/mol. The maximum absolute atomic E-state index is 11.1. The number of benzene rings is 1. The van der Waals surface area contributed by atoms with Crippen molar-refractivity contribution in [1.82, 2.24) is 4.90 Å². The van der Waals surface area contributed by atoms with E-state index in [0.29, 0.717) is 0 Å². The molecule has 1 atom stereocenters. The summed E-state index contributed by atoms with van der Waals surface area (Å²) < 4.78 is 0. The molecule has 2 nitrogen and oxygen atoms in total. The second-order valence-corrected chi connectivity index (χ2v) is 6.26. The number of rotatable bonds is 3. The molecule has 2 aliphatic rings. The van der Waals surface area contributed by atoms with Gasteiger partial charge in [0.25, 0.3) is 0 Å². The molecule has 19 heavy (non-hydrogen) atoms. The first kappa shape index (κ1) is 13.1. The zero-order valence-corrected chi connectivity index (χ0v) is 11.9. The minimum Gasteiger partial charge on any atom is -0.386 e. The Balaban J connectivity index is 1.94. The van der Waals surface area contributed by atoms with Crippen LogP contribution in [0.4, 0.5) is 0 Å². The average Bonchev–Trinajstić information content (AvgIpc) is 3.10. The molecule has 0 bridgehead atoms. The minimum atomic E-state index is -0.325. The molecule has 1 heterocycles. The number of hydrogen-bond acceptors (Lipinski definition) is 2. The molecule has 1 aromatic carbocycles. The Hall–Kier alpha value is -0.860. The van der Waals surface area contributed by atoms with Gasteiger partial charge in [-0.05, 0) is 56.8 Å². The van der Waals surface area contributed by atoms with E-state index in [1.54, 1.807) is 0 Å². The van der Waals surface area contributed by atoms with E-state index in [9.17, 15) is 5.11 Å². The van der Waals surface area contributed by atoms with Gasteiger partial charge in [-0.1, -0.05) is 37.1 Å².